The molecule has 0 fully saturated rings. The van der Waals surface area contributed by atoms with Gasteiger partial charge >= 0.3 is 0 Å². The first-order valence-electron chi connectivity index (χ1n) is 7.25. The van der Waals surface area contributed by atoms with Crippen molar-refractivity contribution >= 4 is 11.3 Å². The highest BCUT2D eigenvalue weighted by Gasteiger charge is 2.09. The summed E-state index contributed by atoms with van der Waals surface area (Å²) in [5.74, 6) is 1.51. The molecule has 0 radical (unpaired) electrons. The molecular formula is C16H22N2O2S. The lowest BCUT2D eigenvalue weighted by molar-refractivity contribution is 0.311. The Hall–Kier alpha value is -1.59. The third-order valence-electron chi connectivity index (χ3n) is 2.99. The van der Waals surface area contributed by atoms with Gasteiger partial charge in [-0.25, -0.2) is 4.98 Å². The van der Waals surface area contributed by atoms with Crippen LogP contribution in [0.5, 0.6) is 11.5 Å². The van der Waals surface area contributed by atoms with Crippen LogP contribution in [0.1, 0.15) is 25.1 Å². The van der Waals surface area contributed by atoms with Crippen LogP contribution >= 0.6 is 11.3 Å². The van der Waals surface area contributed by atoms with E-state index in [9.17, 15) is 0 Å². The molecule has 0 unspecified atom stereocenters. The third kappa shape index (κ3) is 4.19. The van der Waals surface area contributed by atoms with E-state index in [0.29, 0.717) is 6.61 Å². The number of hydrogen-bond acceptors (Lipinski definition) is 5. The molecule has 0 saturated carbocycles. The number of rotatable bonds is 8. The molecule has 4 nitrogen and oxygen atoms in total. The number of benzene rings is 1. The number of nitrogens with zero attached hydrogens (tertiary/aromatic N) is 1. The minimum atomic E-state index is 0.625. The first kappa shape index (κ1) is 15.8. The highest BCUT2D eigenvalue weighted by Crippen LogP contribution is 2.34. The molecule has 5 heteroatoms. The number of aromatic nitrogens is 1. The van der Waals surface area contributed by atoms with E-state index in [1.54, 1.807) is 18.4 Å². The Labute approximate surface area is 130 Å². The average molecular weight is 306 g/mol. The van der Waals surface area contributed by atoms with E-state index in [4.69, 9.17) is 9.47 Å². The van der Waals surface area contributed by atoms with Crippen LogP contribution in [0.3, 0.4) is 0 Å². The summed E-state index contributed by atoms with van der Waals surface area (Å²) in [4.78, 5) is 5.74. The molecule has 0 atom stereocenters. The molecule has 0 amide bonds. The number of ether oxygens (including phenoxy) is 2. The van der Waals surface area contributed by atoms with Gasteiger partial charge in [0.1, 0.15) is 5.01 Å². The zero-order valence-corrected chi connectivity index (χ0v) is 13.6. The van der Waals surface area contributed by atoms with E-state index in [1.165, 1.54) is 4.88 Å². The van der Waals surface area contributed by atoms with Gasteiger partial charge in [-0.15, -0.1) is 11.3 Å². The maximum atomic E-state index is 5.54. The van der Waals surface area contributed by atoms with Crippen LogP contribution in [-0.2, 0) is 6.54 Å². The second-order valence-corrected chi connectivity index (χ2v) is 5.72. The first-order chi connectivity index (χ1) is 10.3. The fourth-order valence-corrected chi connectivity index (χ4v) is 2.86. The quantitative estimate of drug-likeness (QED) is 0.755. The van der Waals surface area contributed by atoms with Crippen molar-refractivity contribution in [2.24, 2.45) is 0 Å². The predicted molar refractivity (Wildman–Crippen MR) is 87.3 cm³/mol. The zero-order valence-electron chi connectivity index (χ0n) is 12.8. The number of hydrogen-bond donors (Lipinski definition) is 1. The summed E-state index contributed by atoms with van der Waals surface area (Å²) in [5.41, 5.74) is 1.06. The molecule has 1 N–H and O–H groups in total. The molecule has 114 valence electrons. The van der Waals surface area contributed by atoms with Gasteiger partial charge in [0.2, 0.25) is 0 Å². The average Bonchev–Trinajstić information content (AvgIpc) is 2.97. The number of methoxy groups -OCH3 is 1. The van der Waals surface area contributed by atoms with Crippen LogP contribution in [0.15, 0.2) is 24.4 Å². The van der Waals surface area contributed by atoms with Crippen molar-refractivity contribution in [3.8, 4) is 22.1 Å². The largest absolute Gasteiger partial charge is 0.493 e. The van der Waals surface area contributed by atoms with Gasteiger partial charge in [0.05, 0.1) is 13.7 Å². The molecule has 0 saturated heterocycles. The molecule has 21 heavy (non-hydrogen) atoms. The summed E-state index contributed by atoms with van der Waals surface area (Å²) in [6.45, 7) is 6.66. The Kier molecular flexibility index (Phi) is 6.02. The Morgan fingerprint density at radius 1 is 1.24 bits per heavy atom. The van der Waals surface area contributed by atoms with Crippen molar-refractivity contribution in [3.05, 3.63) is 29.3 Å². The van der Waals surface area contributed by atoms with Crippen LogP contribution < -0.4 is 14.8 Å². The summed E-state index contributed by atoms with van der Waals surface area (Å²) in [6.07, 6.45) is 3.08. The maximum Gasteiger partial charge on any atom is 0.161 e. The van der Waals surface area contributed by atoms with E-state index in [2.05, 4.69) is 17.2 Å². The Balaban J connectivity index is 2.14. The van der Waals surface area contributed by atoms with E-state index in [0.717, 1.165) is 41.6 Å². The van der Waals surface area contributed by atoms with Crippen LogP contribution in [-0.4, -0.2) is 25.2 Å². The van der Waals surface area contributed by atoms with Gasteiger partial charge in [-0.2, -0.15) is 0 Å². The van der Waals surface area contributed by atoms with Crippen LogP contribution in [0.4, 0.5) is 0 Å². The number of thiazole rings is 1. The second-order valence-electron chi connectivity index (χ2n) is 4.61. The van der Waals surface area contributed by atoms with Gasteiger partial charge in [-0.1, -0.05) is 6.92 Å². The SMILES string of the molecule is CCCNCc1cnc(-c2ccc(OCC)c(OC)c2)s1. The topological polar surface area (TPSA) is 43.4 Å². The Morgan fingerprint density at radius 3 is 2.81 bits per heavy atom. The van der Waals surface area contributed by atoms with E-state index >= 15 is 0 Å². The standard InChI is InChI=1S/C16H22N2O2S/c1-4-8-17-10-13-11-18-16(21-13)12-6-7-14(20-5-2)15(9-12)19-3/h6-7,9,11,17H,4-5,8,10H2,1-3H3. The molecule has 1 heterocycles. The van der Waals surface area contributed by atoms with Crippen molar-refractivity contribution in [2.45, 2.75) is 26.8 Å². The molecule has 0 aliphatic rings. The molecular weight excluding hydrogens is 284 g/mol. The highest BCUT2D eigenvalue weighted by molar-refractivity contribution is 7.15. The lowest BCUT2D eigenvalue weighted by Crippen LogP contribution is -2.12. The smallest absolute Gasteiger partial charge is 0.161 e. The lowest BCUT2D eigenvalue weighted by Gasteiger charge is -2.09. The normalized spacial score (nSPS) is 10.6. The second kappa shape index (κ2) is 8.00. The van der Waals surface area contributed by atoms with Crippen molar-refractivity contribution in [1.82, 2.24) is 10.3 Å². The molecule has 2 aromatic rings. The van der Waals surface area contributed by atoms with Gasteiger partial charge in [-0.05, 0) is 38.1 Å². The Morgan fingerprint density at radius 2 is 2.10 bits per heavy atom. The summed E-state index contributed by atoms with van der Waals surface area (Å²) in [5, 5.41) is 4.39. The van der Waals surface area contributed by atoms with Crippen LogP contribution in [0.25, 0.3) is 10.6 Å². The fourth-order valence-electron chi connectivity index (χ4n) is 1.99. The van der Waals surface area contributed by atoms with E-state index < -0.39 is 0 Å². The van der Waals surface area contributed by atoms with Crippen LogP contribution in [0, 0.1) is 0 Å². The van der Waals surface area contributed by atoms with Crippen LogP contribution in [0.2, 0.25) is 0 Å². The first-order valence-corrected chi connectivity index (χ1v) is 8.06. The fraction of sp³-hybridized carbons (Fsp3) is 0.438. The van der Waals surface area contributed by atoms with Gasteiger partial charge in [0.15, 0.2) is 11.5 Å². The minimum Gasteiger partial charge on any atom is -0.493 e. The van der Waals surface area contributed by atoms with Crippen molar-refractivity contribution in [1.29, 1.82) is 0 Å². The van der Waals surface area contributed by atoms with Gasteiger partial charge in [0.25, 0.3) is 0 Å². The van der Waals surface area contributed by atoms with E-state index in [-0.39, 0.29) is 0 Å². The lowest BCUT2D eigenvalue weighted by atomic mass is 10.2. The van der Waals surface area contributed by atoms with Crippen molar-refractivity contribution < 1.29 is 9.47 Å². The summed E-state index contributed by atoms with van der Waals surface area (Å²) >= 11 is 1.70. The van der Waals surface area contributed by atoms with Crippen molar-refractivity contribution in [2.75, 3.05) is 20.3 Å². The molecule has 0 aliphatic heterocycles. The maximum absolute atomic E-state index is 5.54. The van der Waals surface area contributed by atoms with Gasteiger partial charge in [0, 0.05) is 23.2 Å². The molecule has 0 aliphatic carbocycles. The molecule has 0 bridgehead atoms. The summed E-state index contributed by atoms with van der Waals surface area (Å²) < 4.78 is 10.9. The van der Waals surface area contributed by atoms with Crippen molar-refractivity contribution in [3.63, 3.8) is 0 Å². The molecule has 1 aromatic carbocycles. The van der Waals surface area contributed by atoms with E-state index in [1.807, 2.05) is 31.3 Å². The molecule has 1 aromatic heterocycles. The predicted octanol–water partition coefficient (Wildman–Crippen LogP) is 3.72. The zero-order chi connectivity index (χ0) is 15.1. The third-order valence-corrected chi connectivity index (χ3v) is 4.04. The summed E-state index contributed by atoms with van der Waals surface area (Å²) in [7, 11) is 1.66. The minimum absolute atomic E-state index is 0.625. The molecule has 0 spiro atoms. The number of nitrogens with one attached hydrogen (secondary N) is 1. The summed E-state index contributed by atoms with van der Waals surface area (Å²) in [6, 6.07) is 5.94. The monoisotopic (exact) mass is 306 g/mol. The van der Waals surface area contributed by atoms with Gasteiger partial charge < -0.3 is 14.8 Å². The highest BCUT2D eigenvalue weighted by atomic mass is 32.1. The van der Waals surface area contributed by atoms with Gasteiger partial charge in [-0.3, -0.25) is 0 Å². The molecule has 2 rings (SSSR count). The Bertz CT molecular complexity index is 569.